The van der Waals surface area contributed by atoms with Gasteiger partial charge in [-0.2, -0.15) is 0 Å². The summed E-state index contributed by atoms with van der Waals surface area (Å²) in [5.41, 5.74) is 7.32. The average molecular weight is 589 g/mol. The molecule has 3 aliphatic rings. The van der Waals surface area contributed by atoms with E-state index in [2.05, 4.69) is 106 Å². The van der Waals surface area contributed by atoms with Gasteiger partial charge in [-0.1, -0.05) is 53.0 Å². The van der Waals surface area contributed by atoms with Crippen LogP contribution < -0.4 is 15.1 Å². The van der Waals surface area contributed by atoms with Crippen LogP contribution in [-0.4, -0.2) is 42.2 Å². The molecule has 238 valence electrons. The Labute approximate surface area is 263 Å². The molecule has 2 fully saturated rings. The summed E-state index contributed by atoms with van der Waals surface area (Å²) in [5, 5.41) is 3.76. The average Bonchev–Trinajstić information content (AvgIpc) is 3.76. The van der Waals surface area contributed by atoms with Crippen LogP contribution in [0.15, 0.2) is 67.5 Å². The number of piperidine rings is 1. The number of nitrogens with zero attached hydrogens (tertiary/aromatic N) is 3. The quantitative estimate of drug-likeness (QED) is 0.219. The number of rotatable bonds is 14. The lowest BCUT2D eigenvalue weighted by atomic mass is 9.84. The van der Waals surface area contributed by atoms with Crippen molar-refractivity contribution in [1.82, 2.24) is 10.2 Å². The maximum absolute atomic E-state index is 6.31. The highest BCUT2D eigenvalue weighted by molar-refractivity contribution is 5.69. The van der Waals surface area contributed by atoms with E-state index in [-0.39, 0.29) is 17.4 Å². The SMILES string of the molecule is C=C(NC(C)CC(C)C)[C@H]1C[C@@H](C(=C)N(c2ccc3c(c2)N(CCCC)C(=C)CC3)C2CC2)CN(C(=C)OC(C)(C)C)C1. The maximum atomic E-state index is 6.31. The summed E-state index contributed by atoms with van der Waals surface area (Å²) in [5.74, 6) is 1.93. The van der Waals surface area contributed by atoms with E-state index in [0.29, 0.717) is 18.0 Å². The van der Waals surface area contributed by atoms with Crippen molar-refractivity contribution in [3.63, 3.8) is 0 Å². The fourth-order valence-electron chi connectivity index (χ4n) is 6.90. The highest BCUT2D eigenvalue weighted by atomic mass is 16.5. The Morgan fingerprint density at radius 1 is 1.07 bits per heavy atom. The van der Waals surface area contributed by atoms with Crippen LogP contribution >= 0.6 is 0 Å². The molecule has 0 aromatic heterocycles. The second kappa shape index (κ2) is 13.9. The number of nitrogens with one attached hydrogen (secondary N) is 1. The fourth-order valence-corrected chi connectivity index (χ4v) is 6.90. The molecule has 1 N–H and O–H groups in total. The second-order valence-electron chi connectivity index (χ2n) is 14.8. The summed E-state index contributed by atoms with van der Waals surface area (Å²) >= 11 is 0. The molecule has 0 radical (unpaired) electrons. The van der Waals surface area contributed by atoms with E-state index in [9.17, 15) is 0 Å². The second-order valence-corrected chi connectivity index (χ2v) is 14.8. The van der Waals surface area contributed by atoms with Crippen molar-refractivity contribution in [3.05, 3.63) is 73.1 Å². The molecule has 1 unspecified atom stereocenters. The molecule has 4 rings (SSSR count). The van der Waals surface area contributed by atoms with E-state index in [1.165, 1.54) is 54.0 Å². The Morgan fingerprint density at radius 2 is 1.77 bits per heavy atom. The van der Waals surface area contributed by atoms with Crippen LogP contribution in [0.2, 0.25) is 0 Å². The van der Waals surface area contributed by atoms with Gasteiger partial charge in [0.2, 0.25) is 0 Å². The molecule has 1 aromatic rings. The van der Waals surface area contributed by atoms with Crippen molar-refractivity contribution in [2.45, 2.75) is 118 Å². The molecular weight excluding hydrogens is 528 g/mol. The standard InChI is InChI=1S/C38H60N4O/c1-12-13-20-41-28(5)14-15-32-16-17-36(23-37(32)41)42(35-18-19-35)30(7)34-22-33(29(6)39-27(4)21-26(2)3)24-40(25-34)31(8)43-38(9,10)11/h16-17,23,26-27,33-35,39H,5-8,12-15,18-22,24-25H2,1-4,9-11H3/t27?,33-,34+/m0/s1. The number of anilines is 2. The van der Waals surface area contributed by atoms with Crippen LogP contribution in [0.3, 0.4) is 0 Å². The summed E-state index contributed by atoms with van der Waals surface area (Å²) < 4.78 is 6.31. The maximum Gasteiger partial charge on any atom is 0.182 e. The lowest BCUT2D eigenvalue weighted by Crippen LogP contribution is -2.46. The lowest BCUT2D eigenvalue weighted by Gasteiger charge is -2.44. The van der Waals surface area contributed by atoms with Gasteiger partial charge in [-0.05, 0) is 103 Å². The number of benzene rings is 1. The molecule has 1 aromatic carbocycles. The Kier molecular flexibility index (Phi) is 10.7. The Bertz CT molecular complexity index is 1170. The van der Waals surface area contributed by atoms with E-state index in [4.69, 9.17) is 11.3 Å². The first-order chi connectivity index (χ1) is 20.3. The molecule has 1 aliphatic carbocycles. The third kappa shape index (κ3) is 8.64. The van der Waals surface area contributed by atoms with Gasteiger partial charge in [0, 0.05) is 72.0 Å². The smallest absolute Gasteiger partial charge is 0.182 e. The van der Waals surface area contributed by atoms with Crippen LogP contribution in [0.25, 0.3) is 0 Å². The van der Waals surface area contributed by atoms with Gasteiger partial charge in [0.05, 0.1) is 0 Å². The van der Waals surface area contributed by atoms with Gasteiger partial charge >= 0.3 is 0 Å². The van der Waals surface area contributed by atoms with Crippen molar-refractivity contribution < 1.29 is 4.74 Å². The largest absolute Gasteiger partial charge is 0.474 e. The molecule has 0 spiro atoms. The monoisotopic (exact) mass is 588 g/mol. The van der Waals surface area contributed by atoms with Crippen LogP contribution in [0.1, 0.15) is 99.0 Å². The van der Waals surface area contributed by atoms with E-state index >= 15 is 0 Å². The van der Waals surface area contributed by atoms with Crippen molar-refractivity contribution in [3.8, 4) is 0 Å². The summed E-state index contributed by atoms with van der Waals surface area (Å²) in [6.07, 6.45) is 9.04. The minimum Gasteiger partial charge on any atom is -0.474 e. The third-order valence-corrected chi connectivity index (χ3v) is 9.11. The topological polar surface area (TPSA) is 31.0 Å². The van der Waals surface area contributed by atoms with Gasteiger partial charge < -0.3 is 24.8 Å². The molecule has 1 saturated carbocycles. The molecule has 1 saturated heterocycles. The van der Waals surface area contributed by atoms with Gasteiger partial charge in [0.1, 0.15) is 5.60 Å². The van der Waals surface area contributed by atoms with Crippen LogP contribution in [0.4, 0.5) is 11.4 Å². The first-order valence-corrected chi connectivity index (χ1v) is 16.9. The number of ether oxygens (including phenoxy) is 1. The molecule has 3 atom stereocenters. The zero-order valence-electron chi connectivity index (χ0n) is 28.5. The zero-order valence-corrected chi connectivity index (χ0v) is 28.5. The van der Waals surface area contributed by atoms with Crippen LogP contribution in [0.5, 0.6) is 0 Å². The Balaban J connectivity index is 1.61. The molecule has 5 heteroatoms. The number of unbranched alkanes of at least 4 members (excludes halogenated alkanes) is 1. The van der Waals surface area contributed by atoms with Crippen molar-refractivity contribution in [1.29, 1.82) is 0 Å². The minimum atomic E-state index is -0.297. The Hall–Kier alpha value is -2.82. The number of allylic oxidation sites excluding steroid dienone is 1. The van der Waals surface area contributed by atoms with Crippen molar-refractivity contribution in [2.75, 3.05) is 29.4 Å². The normalized spacial score (nSPS) is 21.3. The van der Waals surface area contributed by atoms with E-state index in [1.54, 1.807) is 0 Å². The van der Waals surface area contributed by atoms with E-state index in [0.717, 1.165) is 56.9 Å². The van der Waals surface area contributed by atoms with Gasteiger partial charge in [-0.25, -0.2) is 0 Å². The molecular formula is C38H60N4O. The van der Waals surface area contributed by atoms with E-state index < -0.39 is 0 Å². The van der Waals surface area contributed by atoms with Crippen LogP contribution in [-0.2, 0) is 11.2 Å². The van der Waals surface area contributed by atoms with E-state index in [1.807, 2.05) is 0 Å². The highest BCUT2D eigenvalue weighted by Gasteiger charge is 2.39. The highest BCUT2D eigenvalue weighted by Crippen LogP contribution is 2.43. The first-order valence-electron chi connectivity index (χ1n) is 16.9. The van der Waals surface area contributed by atoms with Gasteiger partial charge in [-0.15, -0.1) is 0 Å². The lowest BCUT2D eigenvalue weighted by molar-refractivity contribution is -0.0114. The summed E-state index contributed by atoms with van der Waals surface area (Å²) in [6, 6.07) is 8.02. The number of hydrogen-bond acceptors (Lipinski definition) is 5. The Morgan fingerprint density at radius 3 is 2.40 bits per heavy atom. The third-order valence-electron chi connectivity index (χ3n) is 9.11. The summed E-state index contributed by atoms with van der Waals surface area (Å²) in [7, 11) is 0. The predicted molar refractivity (Wildman–Crippen MR) is 185 cm³/mol. The van der Waals surface area contributed by atoms with Gasteiger partial charge in [0.15, 0.2) is 5.88 Å². The number of likely N-dealkylation sites (tertiary alicyclic amines) is 1. The van der Waals surface area contributed by atoms with Crippen LogP contribution in [0, 0.1) is 17.8 Å². The fraction of sp³-hybridized carbons (Fsp3) is 0.632. The molecule has 2 heterocycles. The van der Waals surface area contributed by atoms with Crippen molar-refractivity contribution in [2.24, 2.45) is 17.8 Å². The number of fused-ring (bicyclic) bond motifs is 1. The molecule has 43 heavy (non-hydrogen) atoms. The van der Waals surface area contributed by atoms with Gasteiger partial charge in [-0.3, -0.25) is 0 Å². The molecule has 2 aliphatic heterocycles. The first kappa shape index (κ1) is 33.1. The minimum absolute atomic E-state index is 0.265. The summed E-state index contributed by atoms with van der Waals surface area (Å²) in [6.45, 7) is 36.3. The summed E-state index contributed by atoms with van der Waals surface area (Å²) in [4.78, 5) is 7.37. The predicted octanol–water partition coefficient (Wildman–Crippen LogP) is 9.00. The van der Waals surface area contributed by atoms with Gasteiger partial charge in [0.25, 0.3) is 0 Å². The number of aryl methyl sites for hydroxylation is 1. The number of hydrogen-bond donors (Lipinski definition) is 1. The molecule has 5 nitrogen and oxygen atoms in total. The van der Waals surface area contributed by atoms with Crippen molar-refractivity contribution >= 4 is 11.4 Å². The molecule has 0 amide bonds. The zero-order chi connectivity index (χ0) is 31.5. The molecule has 0 bridgehead atoms.